The Labute approximate surface area is 153 Å². The van der Waals surface area contributed by atoms with Gasteiger partial charge in [0.25, 0.3) is 0 Å². The predicted octanol–water partition coefficient (Wildman–Crippen LogP) is 5.19. The fourth-order valence-electron chi connectivity index (χ4n) is 3.38. The molecule has 2 atom stereocenters. The van der Waals surface area contributed by atoms with E-state index in [9.17, 15) is 13.5 Å². The maximum atomic E-state index is 13.8. The van der Waals surface area contributed by atoms with Crippen molar-refractivity contribution < 1.29 is 13.5 Å². The molecular weight excluding hydrogens is 363 g/mol. The zero-order valence-electron chi connectivity index (χ0n) is 13.9. The second-order valence-electron chi connectivity index (χ2n) is 6.38. The molecule has 0 radical (unpaired) electrons. The molecule has 4 N–H and O–H groups in total. The van der Waals surface area contributed by atoms with Crippen LogP contribution in [0.2, 0.25) is 5.02 Å². The summed E-state index contributed by atoms with van der Waals surface area (Å²) in [6.07, 6.45) is 1.04. The van der Waals surface area contributed by atoms with Gasteiger partial charge in [0, 0.05) is 0 Å². The van der Waals surface area contributed by atoms with Gasteiger partial charge in [0.1, 0.15) is 5.82 Å². The van der Waals surface area contributed by atoms with Crippen molar-refractivity contribution in [2.24, 2.45) is 11.7 Å². The van der Waals surface area contributed by atoms with Crippen LogP contribution in [-0.4, -0.2) is 20.9 Å². The number of halogens is 2. The van der Waals surface area contributed by atoms with Crippen molar-refractivity contribution in [3.8, 4) is 0 Å². The molecule has 25 heavy (non-hydrogen) atoms. The minimum Gasteiger partial charge on any atom is -0.330 e. The molecule has 0 aliphatic carbocycles. The minimum absolute atomic E-state index is 0.0311. The standard InChI is InChI=1S/C18H22ClFN2O2S/c1-12(8-9-21)18-11-13-10-14(20)6-7-16(13)22(25(18,23)24)17-5-3-2-4-15(17)19/h2-7,10,12,18,23-24H,8-9,11,21H2,1H3. The molecule has 1 aliphatic rings. The van der Waals surface area contributed by atoms with Gasteiger partial charge in [0.15, 0.2) is 0 Å². The number of hydrogen-bond donors (Lipinski definition) is 3. The molecule has 1 heterocycles. The van der Waals surface area contributed by atoms with Crippen LogP contribution < -0.4 is 10.0 Å². The first-order chi connectivity index (χ1) is 11.9. The van der Waals surface area contributed by atoms with Crippen LogP contribution in [-0.2, 0) is 6.42 Å². The summed E-state index contributed by atoms with van der Waals surface area (Å²) in [6.45, 7) is 2.40. The molecular formula is C18H22ClFN2O2S. The first-order valence-corrected chi connectivity index (χ1v) is 10.1. The summed E-state index contributed by atoms with van der Waals surface area (Å²) in [7, 11) is -3.22. The third-order valence-corrected chi connectivity index (χ3v) is 7.38. The number of rotatable bonds is 4. The van der Waals surface area contributed by atoms with E-state index in [4.69, 9.17) is 17.3 Å². The lowest BCUT2D eigenvalue weighted by molar-refractivity contribution is 0.413. The first-order valence-electron chi connectivity index (χ1n) is 8.16. The molecule has 0 saturated carbocycles. The van der Waals surface area contributed by atoms with Crippen molar-refractivity contribution in [2.45, 2.75) is 25.0 Å². The van der Waals surface area contributed by atoms with Gasteiger partial charge in [0.2, 0.25) is 0 Å². The van der Waals surface area contributed by atoms with Crippen LogP contribution in [0.25, 0.3) is 0 Å². The molecule has 136 valence electrons. The van der Waals surface area contributed by atoms with E-state index in [0.29, 0.717) is 35.8 Å². The molecule has 2 unspecified atom stereocenters. The normalized spacial score (nSPS) is 21.5. The highest BCUT2D eigenvalue weighted by atomic mass is 35.5. The smallest absolute Gasteiger partial charge is 0.123 e. The van der Waals surface area contributed by atoms with Gasteiger partial charge in [0.05, 0.1) is 21.6 Å². The number of fused-ring (bicyclic) bond motifs is 1. The number of anilines is 2. The Morgan fingerprint density at radius 1 is 1.28 bits per heavy atom. The number of nitrogens with zero attached hydrogens (tertiary/aromatic N) is 1. The van der Waals surface area contributed by atoms with Crippen LogP contribution in [0, 0.1) is 11.7 Å². The van der Waals surface area contributed by atoms with Gasteiger partial charge < -0.3 is 5.73 Å². The van der Waals surface area contributed by atoms with E-state index in [1.807, 2.05) is 6.92 Å². The molecule has 2 aromatic rings. The highest BCUT2D eigenvalue weighted by Crippen LogP contribution is 2.62. The van der Waals surface area contributed by atoms with Crippen LogP contribution in [0.4, 0.5) is 15.8 Å². The van der Waals surface area contributed by atoms with Crippen LogP contribution >= 0.6 is 22.4 Å². The Hall–Kier alpha value is -1.31. The average molecular weight is 385 g/mol. The van der Waals surface area contributed by atoms with Crippen molar-refractivity contribution in [3.05, 3.63) is 58.9 Å². The molecule has 0 saturated heterocycles. The van der Waals surface area contributed by atoms with Gasteiger partial charge in [-0.3, -0.25) is 9.11 Å². The molecule has 0 fully saturated rings. The van der Waals surface area contributed by atoms with E-state index >= 15 is 0 Å². The van der Waals surface area contributed by atoms with Gasteiger partial charge >= 0.3 is 0 Å². The van der Waals surface area contributed by atoms with Crippen LogP contribution in [0.3, 0.4) is 0 Å². The number of hydrogen-bond acceptors (Lipinski definition) is 4. The van der Waals surface area contributed by atoms with Gasteiger partial charge in [-0.25, -0.2) is 8.70 Å². The van der Waals surface area contributed by atoms with Gasteiger partial charge in [-0.15, -0.1) is 10.8 Å². The molecule has 2 aromatic carbocycles. The molecule has 1 aliphatic heterocycles. The third kappa shape index (κ3) is 3.37. The summed E-state index contributed by atoms with van der Waals surface area (Å²) in [5, 5.41) is -0.0495. The molecule has 0 aromatic heterocycles. The number of benzene rings is 2. The van der Waals surface area contributed by atoms with Crippen LogP contribution in [0.5, 0.6) is 0 Å². The highest BCUT2D eigenvalue weighted by Gasteiger charge is 2.42. The SMILES string of the molecule is CC(CCN)C1Cc2cc(F)ccc2N(c2ccccc2Cl)S1(O)O. The first kappa shape index (κ1) is 18.5. The molecule has 3 rings (SSSR count). The van der Waals surface area contributed by atoms with Gasteiger partial charge in [-0.1, -0.05) is 30.7 Å². The van der Waals surface area contributed by atoms with Gasteiger partial charge in [-0.05, 0) is 61.2 Å². The van der Waals surface area contributed by atoms with E-state index in [1.54, 1.807) is 30.3 Å². The zero-order valence-corrected chi connectivity index (χ0v) is 15.5. The second kappa shape index (κ2) is 7.13. The Kier molecular flexibility index (Phi) is 5.27. The number of nitrogens with two attached hydrogens (primary N) is 1. The minimum atomic E-state index is -3.22. The maximum absolute atomic E-state index is 13.8. The summed E-state index contributed by atoms with van der Waals surface area (Å²) in [5.41, 5.74) is 7.48. The number of para-hydroxylation sites is 1. The Morgan fingerprint density at radius 2 is 2.00 bits per heavy atom. The Balaban J connectivity index is 2.18. The molecule has 0 amide bonds. The largest absolute Gasteiger partial charge is 0.330 e. The summed E-state index contributed by atoms with van der Waals surface area (Å²) in [5.74, 6) is -0.377. The average Bonchev–Trinajstić information content (AvgIpc) is 2.55. The zero-order chi connectivity index (χ0) is 18.2. The molecule has 4 nitrogen and oxygen atoms in total. The molecule has 0 spiro atoms. The lowest BCUT2D eigenvalue weighted by Crippen LogP contribution is -2.41. The summed E-state index contributed by atoms with van der Waals surface area (Å²) in [4.78, 5) is 0. The van der Waals surface area contributed by atoms with E-state index in [-0.39, 0.29) is 11.7 Å². The van der Waals surface area contributed by atoms with Crippen molar-refractivity contribution in [1.29, 1.82) is 0 Å². The fourth-order valence-corrected chi connectivity index (χ4v) is 6.00. The Morgan fingerprint density at radius 3 is 2.68 bits per heavy atom. The topological polar surface area (TPSA) is 69.7 Å². The second-order valence-corrected chi connectivity index (χ2v) is 8.88. The summed E-state index contributed by atoms with van der Waals surface area (Å²) in [6, 6.07) is 11.3. The van der Waals surface area contributed by atoms with Gasteiger partial charge in [-0.2, -0.15) is 0 Å². The lowest BCUT2D eigenvalue weighted by atomic mass is 9.96. The lowest BCUT2D eigenvalue weighted by Gasteiger charge is -2.54. The molecule has 0 bridgehead atoms. The van der Waals surface area contributed by atoms with Crippen LogP contribution in [0.1, 0.15) is 18.9 Å². The summed E-state index contributed by atoms with van der Waals surface area (Å²) >= 11 is 6.33. The van der Waals surface area contributed by atoms with Crippen LogP contribution in [0.15, 0.2) is 42.5 Å². The Bertz CT molecular complexity index is 774. The maximum Gasteiger partial charge on any atom is 0.123 e. The predicted molar refractivity (Wildman–Crippen MR) is 103 cm³/mol. The molecule has 7 heteroatoms. The third-order valence-electron chi connectivity index (χ3n) is 4.68. The van der Waals surface area contributed by atoms with E-state index < -0.39 is 16.0 Å². The van der Waals surface area contributed by atoms with E-state index in [0.717, 1.165) is 5.56 Å². The van der Waals surface area contributed by atoms with E-state index in [2.05, 4.69) is 0 Å². The quantitative estimate of drug-likeness (QED) is 0.678. The van der Waals surface area contributed by atoms with Crippen molar-refractivity contribution in [3.63, 3.8) is 0 Å². The highest BCUT2D eigenvalue weighted by molar-refractivity contribution is 8.26. The van der Waals surface area contributed by atoms with Crippen molar-refractivity contribution >= 4 is 33.8 Å². The fraction of sp³-hybridized carbons (Fsp3) is 0.333. The van der Waals surface area contributed by atoms with Crippen molar-refractivity contribution in [2.75, 3.05) is 10.8 Å². The summed E-state index contributed by atoms with van der Waals surface area (Å²) < 4.78 is 37.6. The van der Waals surface area contributed by atoms with E-state index in [1.165, 1.54) is 16.4 Å². The monoisotopic (exact) mass is 384 g/mol. The van der Waals surface area contributed by atoms with Crippen molar-refractivity contribution in [1.82, 2.24) is 0 Å².